The molecule has 1 unspecified atom stereocenters. The smallest absolute Gasteiger partial charge is 0.251 e. The van der Waals surface area contributed by atoms with Crippen LogP contribution in [0.4, 0.5) is 5.69 Å². The van der Waals surface area contributed by atoms with Gasteiger partial charge in [0.1, 0.15) is 0 Å². The molecule has 1 atom stereocenters. The van der Waals surface area contributed by atoms with E-state index in [4.69, 9.17) is 0 Å². The highest BCUT2D eigenvalue weighted by atomic mass is 16.2. The predicted octanol–water partition coefficient (Wildman–Crippen LogP) is 1.05. The Morgan fingerprint density at radius 3 is 2.84 bits per heavy atom. The molecule has 3 N–H and O–H groups in total. The van der Waals surface area contributed by atoms with Gasteiger partial charge < -0.3 is 16.0 Å². The monoisotopic (exact) mass is 261 g/mol. The van der Waals surface area contributed by atoms with E-state index < -0.39 is 0 Å². The summed E-state index contributed by atoms with van der Waals surface area (Å²) in [6.45, 7) is 5.30. The molecule has 102 valence electrons. The fourth-order valence-corrected chi connectivity index (χ4v) is 2.20. The number of carbonyl (C=O) groups is 2. The quantitative estimate of drug-likeness (QED) is 0.758. The number of rotatable bonds is 4. The van der Waals surface area contributed by atoms with Crippen LogP contribution in [0.5, 0.6) is 0 Å². The van der Waals surface area contributed by atoms with Crippen LogP contribution in [0.1, 0.15) is 29.3 Å². The third kappa shape index (κ3) is 3.24. The van der Waals surface area contributed by atoms with Crippen molar-refractivity contribution in [3.63, 3.8) is 0 Å². The second-order valence-corrected chi connectivity index (χ2v) is 4.74. The van der Waals surface area contributed by atoms with Gasteiger partial charge in [-0.1, -0.05) is 0 Å². The Bertz CT molecular complexity index is 499. The zero-order valence-corrected chi connectivity index (χ0v) is 11.2. The molecule has 1 aliphatic rings. The first-order valence-electron chi connectivity index (χ1n) is 6.52. The van der Waals surface area contributed by atoms with Crippen LogP contribution in [-0.4, -0.2) is 30.9 Å². The molecule has 19 heavy (non-hydrogen) atoms. The Balaban J connectivity index is 2.04. The summed E-state index contributed by atoms with van der Waals surface area (Å²) in [4.78, 5) is 23.2. The molecule has 1 aromatic carbocycles. The number of carbonyl (C=O) groups excluding carboxylic acids is 2. The van der Waals surface area contributed by atoms with Gasteiger partial charge in [0.25, 0.3) is 5.91 Å². The first-order valence-corrected chi connectivity index (χ1v) is 6.52. The van der Waals surface area contributed by atoms with E-state index in [1.54, 1.807) is 0 Å². The van der Waals surface area contributed by atoms with Crippen molar-refractivity contribution in [3.8, 4) is 0 Å². The molecule has 1 saturated heterocycles. The van der Waals surface area contributed by atoms with Crippen LogP contribution >= 0.6 is 0 Å². The number of amides is 2. The largest absolute Gasteiger partial charge is 0.385 e. The van der Waals surface area contributed by atoms with Crippen LogP contribution in [0.15, 0.2) is 18.2 Å². The summed E-state index contributed by atoms with van der Waals surface area (Å²) in [6, 6.07) is 5.56. The first-order chi connectivity index (χ1) is 9.10. The van der Waals surface area contributed by atoms with Gasteiger partial charge >= 0.3 is 0 Å². The van der Waals surface area contributed by atoms with Crippen molar-refractivity contribution >= 4 is 17.5 Å². The van der Waals surface area contributed by atoms with Gasteiger partial charge in [0.05, 0.1) is 6.04 Å². The van der Waals surface area contributed by atoms with Crippen LogP contribution in [-0.2, 0) is 4.79 Å². The third-order valence-electron chi connectivity index (χ3n) is 3.16. The predicted molar refractivity (Wildman–Crippen MR) is 74.2 cm³/mol. The van der Waals surface area contributed by atoms with Gasteiger partial charge in [0.2, 0.25) is 5.91 Å². The van der Waals surface area contributed by atoms with E-state index in [0.29, 0.717) is 18.5 Å². The van der Waals surface area contributed by atoms with E-state index in [9.17, 15) is 9.59 Å². The molecule has 1 aromatic rings. The summed E-state index contributed by atoms with van der Waals surface area (Å²) in [5.74, 6) is -0.133. The Morgan fingerprint density at radius 2 is 2.26 bits per heavy atom. The van der Waals surface area contributed by atoms with Crippen molar-refractivity contribution < 1.29 is 9.59 Å². The molecule has 0 aliphatic carbocycles. The molecule has 1 aliphatic heterocycles. The Morgan fingerprint density at radius 1 is 1.47 bits per heavy atom. The standard InChI is InChI=1S/C14H19N3O2/c1-3-15-10-4-5-12(9(2)6-10)14(19)17-11-7-13(18)16-8-11/h4-6,11,15H,3,7-8H2,1-2H3,(H,16,18)(H,17,19). The van der Waals surface area contributed by atoms with Crippen molar-refractivity contribution in [2.45, 2.75) is 26.3 Å². The summed E-state index contributed by atoms with van der Waals surface area (Å²) in [7, 11) is 0. The maximum absolute atomic E-state index is 12.1. The van der Waals surface area contributed by atoms with Crippen molar-refractivity contribution in [1.29, 1.82) is 0 Å². The number of anilines is 1. The Kier molecular flexibility index (Phi) is 4.04. The molecule has 5 heteroatoms. The second kappa shape index (κ2) is 5.73. The molecule has 1 heterocycles. The maximum atomic E-state index is 12.1. The summed E-state index contributed by atoms with van der Waals surface area (Å²) in [6.07, 6.45) is 0.361. The average Bonchev–Trinajstić information content (AvgIpc) is 2.75. The minimum absolute atomic E-state index is 0.00971. The van der Waals surface area contributed by atoms with Gasteiger partial charge in [0.15, 0.2) is 0 Å². The first kappa shape index (κ1) is 13.4. The molecule has 0 spiro atoms. The lowest BCUT2D eigenvalue weighted by molar-refractivity contribution is -0.119. The van der Waals surface area contributed by atoms with Gasteiger partial charge in [0, 0.05) is 30.8 Å². The van der Waals surface area contributed by atoms with Crippen LogP contribution in [0, 0.1) is 6.92 Å². The molecule has 0 aromatic heterocycles. The van der Waals surface area contributed by atoms with Gasteiger partial charge in [-0.15, -0.1) is 0 Å². The summed E-state index contributed by atoms with van der Waals surface area (Å²) in [5.41, 5.74) is 2.59. The third-order valence-corrected chi connectivity index (χ3v) is 3.16. The zero-order chi connectivity index (χ0) is 13.8. The molecule has 1 fully saturated rings. The van der Waals surface area contributed by atoms with E-state index in [1.165, 1.54) is 0 Å². The number of nitrogens with one attached hydrogen (secondary N) is 3. The van der Waals surface area contributed by atoms with E-state index in [0.717, 1.165) is 17.8 Å². The lowest BCUT2D eigenvalue weighted by Crippen LogP contribution is -2.36. The van der Waals surface area contributed by atoms with Crippen molar-refractivity contribution in [2.75, 3.05) is 18.4 Å². The SMILES string of the molecule is CCNc1ccc(C(=O)NC2CNC(=O)C2)c(C)c1. The minimum Gasteiger partial charge on any atom is -0.385 e. The summed E-state index contributed by atoms with van der Waals surface area (Å²) < 4.78 is 0. The van der Waals surface area contributed by atoms with Crippen LogP contribution in [0.2, 0.25) is 0 Å². The molecule has 2 rings (SSSR count). The van der Waals surface area contributed by atoms with Gasteiger partial charge in [-0.05, 0) is 37.6 Å². The molecular weight excluding hydrogens is 242 g/mol. The zero-order valence-electron chi connectivity index (χ0n) is 11.2. The van der Waals surface area contributed by atoms with Gasteiger partial charge in [-0.2, -0.15) is 0 Å². The van der Waals surface area contributed by atoms with Crippen LogP contribution in [0.25, 0.3) is 0 Å². The Hall–Kier alpha value is -2.04. The highest BCUT2D eigenvalue weighted by Crippen LogP contribution is 2.15. The lowest BCUT2D eigenvalue weighted by Gasteiger charge is -2.13. The van der Waals surface area contributed by atoms with E-state index in [1.807, 2.05) is 32.0 Å². The molecule has 0 bridgehead atoms. The van der Waals surface area contributed by atoms with Crippen LogP contribution in [0.3, 0.4) is 0 Å². The summed E-state index contributed by atoms with van der Waals surface area (Å²) in [5, 5.41) is 8.79. The average molecular weight is 261 g/mol. The van der Waals surface area contributed by atoms with Crippen molar-refractivity contribution in [3.05, 3.63) is 29.3 Å². The van der Waals surface area contributed by atoms with Crippen molar-refractivity contribution in [2.24, 2.45) is 0 Å². The van der Waals surface area contributed by atoms with Crippen molar-refractivity contribution in [1.82, 2.24) is 10.6 Å². The number of hydrogen-bond acceptors (Lipinski definition) is 3. The summed E-state index contributed by atoms with van der Waals surface area (Å²) >= 11 is 0. The number of hydrogen-bond donors (Lipinski definition) is 3. The van der Waals surface area contributed by atoms with E-state index in [2.05, 4.69) is 16.0 Å². The molecule has 0 radical (unpaired) electrons. The van der Waals surface area contributed by atoms with Gasteiger partial charge in [-0.3, -0.25) is 9.59 Å². The second-order valence-electron chi connectivity index (χ2n) is 4.74. The van der Waals surface area contributed by atoms with E-state index >= 15 is 0 Å². The molecule has 5 nitrogen and oxygen atoms in total. The van der Waals surface area contributed by atoms with Crippen LogP contribution < -0.4 is 16.0 Å². The number of benzene rings is 1. The normalized spacial score (nSPS) is 18.0. The van der Waals surface area contributed by atoms with Gasteiger partial charge in [-0.25, -0.2) is 0 Å². The lowest BCUT2D eigenvalue weighted by atomic mass is 10.1. The maximum Gasteiger partial charge on any atom is 0.251 e. The van der Waals surface area contributed by atoms with E-state index in [-0.39, 0.29) is 17.9 Å². The minimum atomic E-state index is -0.123. The highest BCUT2D eigenvalue weighted by Gasteiger charge is 2.23. The molecule has 2 amide bonds. The molecular formula is C14H19N3O2. The fourth-order valence-electron chi connectivity index (χ4n) is 2.20. The molecule has 0 saturated carbocycles. The highest BCUT2D eigenvalue weighted by molar-refractivity contribution is 5.96. The fraction of sp³-hybridized carbons (Fsp3) is 0.429. The topological polar surface area (TPSA) is 70.2 Å². The number of aryl methyl sites for hydroxylation is 1. The Labute approximate surface area is 112 Å².